The second-order valence-corrected chi connectivity index (χ2v) is 6.60. The molecular formula is C17H26N2OS. The summed E-state index contributed by atoms with van der Waals surface area (Å²) >= 11 is 1.65. The molecule has 2 rings (SSSR count). The minimum absolute atomic E-state index is 0.273. The maximum absolute atomic E-state index is 12.2. The first-order chi connectivity index (χ1) is 10.2. The second kappa shape index (κ2) is 7.85. The van der Waals surface area contributed by atoms with E-state index in [0.717, 1.165) is 13.1 Å². The lowest BCUT2D eigenvalue weighted by atomic mass is 10.1. The van der Waals surface area contributed by atoms with E-state index in [1.165, 1.54) is 23.3 Å². The maximum atomic E-state index is 12.2. The second-order valence-electron chi connectivity index (χ2n) is 5.55. The van der Waals surface area contributed by atoms with Crippen LogP contribution in [0.1, 0.15) is 45.2 Å². The third-order valence-corrected chi connectivity index (χ3v) is 4.86. The Hall–Kier alpha value is -1.00. The lowest BCUT2D eigenvalue weighted by Crippen LogP contribution is -2.34. The number of nitrogens with zero attached hydrogens (tertiary/aromatic N) is 1. The minimum atomic E-state index is 0.273. The van der Waals surface area contributed by atoms with Crippen LogP contribution in [0.25, 0.3) is 0 Å². The summed E-state index contributed by atoms with van der Waals surface area (Å²) in [7, 11) is 0. The van der Waals surface area contributed by atoms with E-state index >= 15 is 0 Å². The van der Waals surface area contributed by atoms with Crippen LogP contribution in [0.2, 0.25) is 0 Å². The van der Waals surface area contributed by atoms with Crippen molar-refractivity contribution in [2.24, 2.45) is 0 Å². The molecule has 4 heteroatoms. The highest BCUT2D eigenvalue weighted by molar-refractivity contribution is 8.00. The van der Waals surface area contributed by atoms with Crippen molar-refractivity contribution < 1.29 is 4.79 Å². The van der Waals surface area contributed by atoms with Crippen LogP contribution in [-0.2, 0) is 4.79 Å². The SMILES string of the molecule is CCNC(C)c1cccc(SCC(=O)N(CC)C2CC2)c1. The quantitative estimate of drug-likeness (QED) is 0.747. The molecule has 1 saturated carbocycles. The molecule has 1 aliphatic rings. The highest BCUT2D eigenvalue weighted by Gasteiger charge is 2.30. The first-order valence-corrected chi connectivity index (χ1v) is 8.89. The number of amides is 1. The molecule has 0 bridgehead atoms. The van der Waals surface area contributed by atoms with E-state index in [2.05, 4.69) is 50.4 Å². The monoisotopic (exact) mass is 306 g/mol. The molecular weight excluding hydrogens is 280 g/mol. The van der Waals surface area contributed by atoms with Crippen molar-refractivity contribution in [1.82, 2.24) is 10.2 Å². The Morgan fingerprint density at radius 2 is 2.19 bits per heavy atom. The summed E-state index contributed by atoms with van der Waals surface area (Å²) in [5.41, 5.74) is 1.28. The van der Waals surface area contributed by atoms with Crippen LogP contribution in [0.3, 0.4) is 0 Å². The van der Waals surface area contributed by atoms with Gasteiger partial charge in [-0.3, -0.25) is 4.79 Å². The van der Waals surface area contributed by atoms with Gasteiger partial charge in [0.1, 0.15) is 0 Å². The van der Waals surface area contributed by atoms with Gasteiger partial charge in [0.25, 0.3) is 0 Å². The largest absolute Gasteiger partial charge is 0.339 e. The zero-order valence-corrected chi connectivity index (χ0v) is 14.1. The first-order valence-electron chi connectivity index (χ1n) is 7.91. The van der Waals surface area contributed by atoms with E-state index in [4.69, 9.17) is 0 Å². The van der Waals surface area contributed by atoms with E-state index in [1.807, 2.05) is 4.90 Å². The molecule has 1 fully saturated rings. The Labute approximate surface area is 132 Å². The topological polar surface area (TPSA) is 32.3 Å². The zero-order valence-electron chi connectivity index (χ0n) is 13.3. The van der Waals surface area contributed by atoms with Crippen molar-refractivity contribution >= 4 is 17.7 Å². The molecule has 1 N–H and O–H groups in total. The molecule has 1 amide bonds. The number of hydrogen-bond donors (Lipinski definition) is 1. The lowest BCUT2D eigenvalue weighted by Gasteiger charge is -2.20. The Morgan fingerprint density at radius 3 is 2.81 bits per heavy atom. The molecule has 1 aromatic rings. The van der Waals surface area contributed by atoms with Crippen LogP contribution in [-0.4, -0.2) is 35.7 Å². The summed E-state index contributed by atoms with van der Waals surface area (Å²) < 4.78 is 0. The summed E-state index contributed by atoms with van der Waals surface area (Å²) in [6, 6.07) is 9.37. The number of carbonyl (C=O) groups is 1. The fourth-order valence-electron chi connectivity index (χ4n) is 2.55. The normalized spacial score (nSPS) is 15.8. The molecule has 1 unspecified atom stereocenters. The highest BCUT2D eigenvalue weighted by atomic mass is 32.2. The molecule has 0 aliphatic heterocycles. The van der Waals surface area contributed by atoms with Gasteiger partial charge in [0.05, 0.1) is 5.75 Å². The number of rotatable bonds is 8. The van der Waals surface area contributed by atoms with E-state index in [9.17, 15) is 4.79 Å². The van der Waals surface area contributed by atoms with Crippen LogP contribution in [0.5, 0.6) is 0 Å². The van der Waals surface area contributed by atoms with Crippen LogP contribution < -0.4 is 5.32 Å². The van der Waals surface area contributed by atoms with Gasteiger partial charge in [0.2, 0.25) is 5.91 Å². The van der Waals surface area contributed by atoms with Crippen molar-refractivity contribution in [2.45, 2.75) is 50.6 Å². The number of thioether (sulfide) groups is 1. The molecule has 3 nitrogen and oxygen atoms in total. The molecule has 1 aliphatic carbocycles. The maximum Gasteiger partial charge on any atom is 0.233 e. The third kappa shape index (κ3) is 4.75. The Morgan fingerprint density at radius 1 is 1.43 bits per heavy atom. The van der Waals surface area contributed by atoms with Crippen LogP contribution >= 0.6 is 11.8 Å². The van der Waals surface area contributed by atoms with E-state index < -0.39 is 0 Å². The Bertz CT molecular complexity index is 474. The van der Waals surface area contributed by atoms with Crippen molar-refractivity contribution in [2.75, 3.05) is 18.8 Å². The smallest absolute Gasteiger partial charge is 0.233 e. The number of carbonyl (C=O) groups excluding carboxylic acids is 1. The summed E-state index contributed by atoms with van der Waals surface area (Å²) in [6.45, 7) is 8.15. The van der Waals surface area contributed by atoms with E-state index in [1.54, 1.807) is 11.8 Å². The van der Waals surface area contributed by atoms with Crippen LogP contribution in [0, 0.1) is 0 Å². The molecule has 21 heavy (non-hydrogen) atoms. The Kier molecular flexibility index (Phi) is 6.12. The number of hydrogen-bond acceptors (Lipinski definition) is 3. The average Bonchev–Trinajstić information content (AvgIpc) is 3.31. The molecule has 1 aromatic carbocycles. The van der Waals surface area contributed by atoms with Crippen LogP contribution in [0.4, 0.5) is 0 Å². The number of benzene rings is 1. The third-order valence-electron chi connectivity index (χ3n) is 3.88. The fourth-order valence-corrected chi connectivity index (χ4v) is 3.40. The molecule has 0 heterocycles. The van der Waals surface area contributed by atoms with Gasteiger partial charge >= 0.3 is 0 Å². The van der Waals surface area contributed by atoms with Gasteiger partial charge < -0.3 is 10.2 Å². The van der Waals surface area contributed by atoms with Gasteiger partial charge in [-0.15, -0.1) is 11.8 Å². The zero-order chi connectivity index (χ0) is 15.2. The average molecular weight is 306 g/mol. The van der Waals surface area contributed by atoms with Crippen molar-refractivity contribution in [3.8, 4) is 0 Å². The van der Waals surface area contributed by atoms with Crippen molar-refractivity contribution in [3.05, 3.63) is 29.8 Å². The molecule has 116 valence electrons. The summed E-state index contributed by atoms with van der Waals surface area (Å²) in [5, 5.41) is 3.42. The molecule has 1 atom stereocenters. The summed E-state index contributed by atoms with van der Waals surface area (Å²) in [5.74, 6) is 0.818. The highest BCUT2D eigenvalue weighted by Crippen LogP contribution is 2.28. The van der Waals surface area contributed by atoms with Crippen molar-refractivity contribution in [3.63, 3.8) is 0 Å². The van der Waals surface area contributed by atoms with E-state index in [0.29, 0.717) is 17.8 Å². The predicted molar refractivity (Wildman–Crippen MR) is 89.7 cm³/mol. The molecule has 0 radical (unpaired) electrons. The van der Waals surface area contributed by atoms with Gasteiger partial charge in [0, 0.05) is 23.5 Å². The van der Waals surface area contributed by atoms with Crippen LogP contribution in [0.15, 0.2) is 29.2 Å². The van der Waals surface area contributed by atoms with Gasteiger partial charge in [0.15, 0.2) is 0 Å². The predicted octanol–water partition coefficient (Wildman–Crippen LogP) is 3.46. The standard InChI is InChI=1S/C17H26N2OS/c1-4-18-13(3)14-7-6-8-16(11-14)21-12-17(20)19(5-2)15-9-10-15/h6-8,11,13,15,18H,4-5,9-10,12H2,1-3H3. The van der Waals surface area contributed by atoms with Gasteiger partial charge in [-0.25, -0.2) is 0 Å². The summed E-state index contributed by atoms with van der Waals surface area (Å²) in [6.07, 6.45) is 2.36. The van der Waals surface area contributed by atoms with Gasteiger partial charge in [-0.2, -0.15) is 0 Å². The summed E-state index contributed by atoms with van der Waals surface area (Å²) in [4.78, 5) is 15.4. The molecule has 0 saturated heterocycles. The Balaban J connectivity index is 1.90. The molecule has 0 aromatic heterocycles. The minimum Gasteiger partial charge on any atom is -0.339 e. The fraction of sp³-hybridized carbons (Fsp3) is 0.588. The molecule has 0 spiro atoms. The number of nitrogens with one attached hydrogen (secondary N) is 1. The van der Waals surface area contributed by atoms with Gasteiger partial charge in [-0.05, 0) is 50.9 Å². The van der Waals surface area contributed by atoms with Crippen molar-refractivity contribution in [1.29, 1.82) is 0 Å². The lowest BCUT2D eigenvalue weighted by molar-refractivity contribution is -0.128. The first kappa shape index (κ1) is 16.4. The van der Waals surface area contributed by atoms with E-state index in [-0.39, 0.29) is 5.91 Å². The van der Waals surface area contributed by atoms with Gasteiger partial charge in [-0.1, -0.05) is 19.1 Å².